The second-order valence-corrected chi connectivity index (χ2v) is 8.60. The van der Waals surface area contributed by atoms with Gasteiger partial charge in [0.05, 0.1) is 35.3 Å². The molecule has 2 aliphatic rings. The first-order chi connectivity index (χ1) is 17.1. The highest BCUT2D eigenvalue weighted by atomic mass is 32.1. The van der Waals surface area contributed by atoms with Crippen LogP contribution in [0.2, 0.25) is 0 Å². The highest BCUT2D eigenvalue weighted by Gasteiger charge is 2.60. The molecule has 2 amide bonds. The van der Waals surface area contributed by atoms with E-state index in [2.05, 4.69) is 10.3 Å². The predicted molar refractivity (Wildman–Crippen MR) is 124 cm³/mol. The van der Waals surface area contributed by atoms with Gasteiger partial charge in [-0.05, 0) is 49.7 Å². The lowest BCUT2D eigenvalue weighted by atomic mass is 9.75. The fourth-order valence-electron chi connectivity index (χ4n) is 4.30. The van der Waals surface area contributed by atoms with Crippen LogP contribution in [0.5, 0.6) is 0 Å². The maximum Gasteiger partial charge on any atom is 0.419 e. The summed E-state index contributed by atoms with van der Waals surface area (Å²) in [5.74, 6) is -2.26. The fourth-order valence-corrected chi connectivity index (χ4v) is 4.76. The average Bonchev–Trinajstić information content (AvgIpc) is 3.05. The number of thiocarbonyl (C=S) groups is 1. The number of carbonyl (C=O) groups is 2. The van der Waals surface area contributed by atoms with E-state index < -0.39 is 40.6 Å². The van der Waals surface area contributed by atoms with E-state index in [9.17, 15) is 22.8 Å². The molecule has 2 fully saturated rings. The third kappa shape index (κ3) is 4.06. The quantitative estimate of drug-likeness (QED) is 0.353. The van der Waals surface area contributed by atoms with Gasteiger partial charge in [0.15, 0.2) is 16.6 Å². The normalized spacial score (nSPS) is 16.8. The number of nitrogens with one attached hydrogen (secondary N) is 1. The molecule has 8 nitrogen and oxygen atoms in total. The van der Waals surface area contributed by atoms with E-state index in [1.165, 1.54) is 36.3 Å². The third-order valence-corrected chi connectivity index (χ3v) is 6.56. The largest absolute Gasteiger partial charge is 0.419 e. The fraction of sp³-hybridized carbons (Fsp3) is 0.348. The number of aromatic nitrogens is 1. The number of halogens is 4. The van der Waals surface area contributed by atoms with Crippen molar-refractivity contribution in [2.24, 2.45) is 0 Å². The first-order valence-corrected chi connectivity index (χ1v) is 11.2. The Bertz CT molecular complexity index is 1290. The molecule has 188 valence electrons. The molecule has 36 heavy (non-hydrogen) atoms. The number of hydrogen-bond donors (Lipinski definition) is 1. The number of pyridine rings is 1. The number of anilines is 2. The van der Waals surface area contributed by atoms with Crippen LogP contribution in [-0.4, -0.2) is 47.7 Å². The number of nitriles is 1. The topological polar surface area (TPSA) is 98.6 Å². The molecule has 0 bridgehead atoms. The zero-order valence-electron chi connectivity index (χ0n) is 18.9. The molecule has 2 aromatic rings. The second kappa shape index (κ2) is 9.44. The van der Waals surface area contributed by atoms with Gasteiger partial charge in [-0.2, -0.15) is 18.4 Å². The number of rotatable bonds is 6. The third-order valence-electron chi connectivity index (χ3n) is 6.19. The minimum absolute atomic E-state index is 0.143. The van der Waals surface area contributed by atoms with Crippen molar-refractivity contribution in [1.82, 2.24) is 10.3 Å². The smallest absolute Gasteiger partial charge is 0.383 e. The molecule has 13 heteroatoms. The van der Waals surface area contributed by atoms with Crippen LogP contribution in [0.1, 0.15) is 40.9 Å². The van der Waals surface area contributed by atoms with Gasteiger partial charge >= 0.3 is 6.18 Å². The molecule has 0 unspecified atom stereocenters. The van der Waals surface area contributed by atoms with Crippen LogP contribution in [0.15, 0.2) is 30.5 Å². The van der Waals surface area contributed by atoms with E-state index in [-0.39, 0.29) is 48.0 Å². The molecule has 2 heterocycles. The monoisotopic (exact) mass is 521 g/mol. The number of hydrogen-bond acceptors (Lipinski definition) is 6. The van der Waals surface area contributed by atoms with Gasteiger partial charge in [0.25, 0.3) is 11.8 Å². The molecule has 1 N–H and O–H groups in total. The molecule has 1 aliphatic heterocycles. The minimum Gasteiger partial charge on any atom is -0.383 e. The van der Waals surface area contributed by atoms with Gasteiger partial charge in [0.1, 0.15) is 11.6 Å². The molecular formula is C23H19F4N5O3S. The van der Waals surface area contributed by atoms with Crippen molar-refractivity contribution >= 4 is 40.5 Å². The molecule has 4 rings (SSSR count). The number of ether oxygens (including phenoxy) is 1. The molecule has 1 saturated heterocycles. The van der Waals surface area contributed by atoms with E-state index in [1.807, 2.05) is 0 Å². The van der Waals surface area contributed by atoms with Gasteiger partial charge in [-0.15, -0.1) is 0 Å². The predicted octanol–water partition coefficient (Wildman–Crippen LogP) is 3.55. The molecule has 1 aliphatic carbocycles. The minimum atomic E-state index is -4.90. The Labute approximate surface area is 208 Å². The van der Waals surface area contributed by atoms with Crippen molar-refractivity contribution in [3.05, 3.63) is 53.1 Å². The SMILES string of the molecule is COCCNC(=O)c1cccc(N2C(=S)N(c3cnc(C#N)c(C(F)(F)F)c3)C(=O)C23CCC3)c1F. The Balaban J connectivity index is 1.77. The van der Waals surface area contributed by atoms with Crippen LogP contribution in [0.25, 0.3) is 0 Å². The number of benzene rings is 1. The lowest BCUT2D eigenvalue weighted by molar-refractivity contribution is -0.138. The van der Waals surface area contributed by atoms with Crippen LogP contribution in [0, 0.1) is 17.1 Å². The van der Waals surface area contributed by atoms with E-state index in [0.717, 1.165) is 11.1 Å². The van der Waals surface area contributed by atoms with Gasteiger partial charge in [-0.25, -0.2) is 9.37 Å². The van der Waals surface area contributed by atoms with Crippen molar-refractivity contribution in [2.75, 3.05) is 30.1 Å². The van der Waals surface area contributed by atoms with Crippen molar-refractivity contribution in [3.8, 4) is 6.07 Å². The summed E-state index contributed by atoms with van der Waals surface area (Å²) in [4.78, 5) is 31.7. The van der Waals surface area contributed by atoms with Crippen molar-refractivity contribution in [2.45, 2.75) is 31.0 Å². The summed E-state index contributed by atoms with van der Waals surface area (Å²) < 4.78 is 61.0. The van der Waals surface area contributed by atoms with Crippen molar-refractivity contribution < 1.29 is 31.9 Å². The number of nitrogens with zero attached hydrogens (tertiary/aromatic N) is 4. The van der Waals surface area contributed by atoms with Crippen LogP contribution in [-0.2, 0) is 15.7 Å². The zero-order valence-corrected chi connectivity index (χ0v) is 19.7. The summed E-state index contributed by atoms with van der Waals surface area (Å²) in [7, 11) is 1.45. The Morgan fingerprint density at radius 1 is 1.36 bits per heavy atom. The molecule has 1 saturated carbocycles. The summed E-state index contributed by atoms with van der Waals surface area (Å²) in [5, 5.41) is 11.3. The van der Waals surface area contributed by atoms with E-state index in [4.69, 9.17) is 22.2 Å². The van der Waals surface area contributed by atoms with Crippen LogP contribution < -0.4 is 15.1 Å². The maximum absolute atomic E-state index is 15.6. The van der Waals surface area contributed by atoms with Crippen molar-refractivity contribution in [3.63, 3.8) is 0 Å². The Kier molecular flexibility index (Phi) is 6.68. The second-order valence-electron chi connectivity index (χ2n) is 8.23. The molecule has 1 spiro atoms. The molecule has 1 aromatic carbocycles. The van der Waals surface area contributed by atoms with E-state index in [1.54, 1.807) is 0 Å². The number of amides is 2. The maximum atomic E-state index is 15.6. The molecular weight excluding hydrogens is 502 g/mol. The zero-order chi connectivity index (χ0) is 26.3. The number of alkyl halides is 3. The summed E-state index contributed by atoms with van der Waals surface area (Å²) in [6, 6.07) is 6.06. The van der Waals surface area contributed by atoms with Crippen molar-refractivity contribution in [1.29, 1.82) is 5.26 Å². The van der Waals surface area contributed by atoms with E-state index in [0.29, 0.717) is 12.5 Å². The lowest BCUT2D eigenvalue weighted by Gasteiger charge is -2.43. The Hall–Kier alpha value is -3.63. The van der Waals surface area contributed by atoms with Crippen LogP contribution in [0.3, 0.4) is 0 Å². The summed E-state index contributed by atoms with van der Waals surface area (Å²) >= 11 is 5.48. The highest BCUT2D eigenvalue weighted by molar-refractivity contribution is 7.81. The average molecular weight is 521 g/mol. The standard InChI is InChI=1S/C23H19F4N5O3S/c1-35-9-8-29-19(33)14-4-2-5-17(18(14)24)32-21(36)31(20(34)22(32)6-3-7-22)13-10-15(23(25,26)27)16(11-28)30-12-13/h2,4-5,10,12H,3,6-9H2,1H3,(H,29,33). The van der Waals surface area contributed by atoms with Gasteiger partial charge < -0.3 is 15.0 Å². The summed E-state index contributed by atoms with van der Waals surface area (Å²) in [6.45, 7) is 0.360. The van der Waals surface area contributed by atoms with Crippen LogP contribution in [0.4, 0.5) is 28.9 Å². The number of carbonyl (C=O) groups excluding carboxylic acids is 2. The molecule has 0 radical (unpaired) electrons. The highest BCUT2D eigenvalue weighted by Crippen LogP contribution is 2.49. The number of methoxy groups -OCH3 is 1. The molecule has 0 atom stereocenters. The first-order valence-electron chi connectivity index (χ1n) is 10.8. The van der Waals surface area contributed by atoms with Gasteiger partial charge in [-0.1, -0.05) is 6.07 Å². The Morgan fingerprint density at radius 2 is 2.08 bits per heavy atom. The van der Waals surface area contributed by atoms with E-state index >= 15 is 4.39 Å². The first kappa shape index (κ1) is 25.5. The van der Waals surface area contributed by atoms with Gasteiger partial charge in [0, 0.05) is 13.7 Å². The summed E-state index contributed by atoms with van der Waals surface area (Å²) in [5.41, 5.74) is -4.20. The lowest BCUT2D eigenvalue weighted by Crippen LogP contribution is -2.55. The van der Waals surface area contributed by atoms with Gasteiger partial charge in [-0.3, -0.25) is 14.5 Å². The van der Waals surface area contributed by atoms with Crippen LogP contribution >= 0.6 is 12.2 Å². The Morgan fingerprint density at radius 3 is 2.67 bits per heavy atom. The van der Waals surface area contributed by atoms with Gasteiger partial charge in [0.2, 0.25) is 0 Å². The summed E-state index contributed by atoms with van der Waals surface area (Å²) in [6.07, 6.45) is -2.78. The molecule has 1 aromatic heterocycles.